The molecule has 4 heteroatoms. The van der Waals surface area contributed by atoms with Gasteiger partial charge in [0.25, 0.3) is 0 Å². The van der Waals surface area contributed by atoms with Crippen molar-refractivity contribution in [2.24, 2.45) is 0 Å². The van der Waals surface area contributed by atoms with Crippen LogP contribution >= 0.6 is 0 Å². The minimum atomic E-state index is 0.649. The number of fused-ring (bicyclic) bond motifs is 1. The van der Waals surface area contributed by atoms with Crippen LogP contribution in [0.4, 0.5) is 0 Å². The predicted molar refractivity (Wildman–Crippen MR) is 69.4 cm³/mol. The van der Waals surface area contributed by atoms with E-state index in [1.54, 1.807) is 12.3 Å². The minimum absolute atomic E-state index is 0.649. The normalized spacial score (nSPS) is 10.7. The van der Waals surface area contributed by atoms with E-state index in [4.69, 9.17) is 0 Å². The molecule has 18 heavy (non-hydrogen) atoms. The lowest BCUT2D eigenvalue weighted by atomic mass is 10.1. The zero-order valence-corrected chi connectivity index (χ0v) is 9.84. The highest BCUT2D eigenvalue weighted by Gasteiger charge is 2.08. The van der Waals surface area contributed by atoms with Gasteiger partial charge in [0.2, 0.25) is 0 Å². The smallest absolute Gasteiger partial charge is 0.150 e. The van der Waals surface area contributed by atoms with Crippen molar-refractivity contribution >= 4 is 17.2 Å². The molecule has 0 spiro atoms. The van der Waals surface area contributed by atoms with Crippen molar-refractivity contribution in [3.05, 3.63) is 47.8 Å². The maximum Gasteiger partial charge on any atom is 0.150 e. The Kier molecular flexibility index (Phi) is 2.41. The van der Waals surface area contributed by atoms with E-state index in [1.807, 2.05) is 31.2 Å². The number of nitrogens with one attached hydrogen (secondary N) is 1. The fourth-order valence-electron chi connectivity index (χ4n) is 2.02. The molecule has 2 aromatic heterocycles. The molecule has 88 valence electrons. The number of carbonyl (C=O) groups excluding carboxylic acids is 1. The fraction of sp³-hybridized carbons (Fsp3) is 0.0714. The van der Waals surface area contributed by atoms with Crippen LogP contribution in [0.2, 0.25) is 0 Å². The number of H-pyrrole nitrogens is 1. The zero-order valence-electron chi connectivity index (χ0n) is 9.84. The summed E-state index contributed by atoms with van der Waals surface area (Å²) < 4.78 is 0. The molecule has 0 amide bonds. The van der Waals surface area contributed by atoms with Gasteiger partial charge in [-0.25, -0.2) is 0 Å². The highest BCUT2D eigenvalue weighted by atomic mass is 16.1. The van der Waals surface area contributed by atoms with Crippen molar-refractivity contribution in [1.82, 2.24) is 15.2 Å². The summed E-state index contributed by atoms with van der Waals surface area (Å²) in [6.45, 7) is 1.94. The van der Waals surface area contributed by atoms with Gasteiger partial charge in [0.15, 0.2) is 0 Å². The van der Waals surface area contributed by atoms with Crippen LogP contribution in [-0.2, 0) is 0 Å². The Labute approximate surface area is 104 Å². The van der Waals surface area contributed by atoms with Crippen LogP contribution in [0.15, 0.2) is 36.5 Å². The van der Waals surface area contributed by atoms with Gasteiger partial charge in [-0.3, -0.25) is 14.9 Å². The number of hydrogen-bond acceptors (Lipinski definition) is 3. The summed E-state index contributed by atoms with van der Waals surface area (Å²) in [7, 11) is 0. The first-order valence-corrected chi connectivity index (χ1v) is 5.64. The first-order valence-electron chi connectivity index (χ1n) is 5.64. The van der Waals surface area contributed by atoms with E-state index in [1.165, 1.54) is 0 Å². The molecule has 0 aliphatic rings. The molecular formula is C14H11N3O. The van der Waals surface area contributed by atoms with E-state index in [2.05, 4.69) is 15.2 Å². The standard InChI is InChI=1S/C14H11N3O/c1-9-6-11(4-5-15-9)14-12-7-10(8-18)2-3-13(12)16-17-14/h2-8H,1H3,(H,16,17). The third-order valence-corrected chi connectivity index (χ3v) is 2.89. The fourth-order valence-corrected chi connectivity index (χ4v) is 2.02. The monoisotopic (exact) mass is 237 g/mol. The first kappa shape index (κ1) is 10.7. The molecule has 0 aliphatic carbocycles. The third kappa shape index (κ3) is 1.68. The molecule has 0 fully saturated rings. The van der Waals surface area contributed by atoms with Crippen molar-refractivity contribution in [1.29, 1.82) is 0 Å². The lowest BCUT2D eigenvalue weighted by Crippen LogP contribution is -1.84. The van der Waals surface area contributed by atoms with Gasteiger partial charge in [0.1, 0.15) is 12.0 Å². The average Bonchev–Trinajstić information content (AvgIpc) is 2.81. The largest absolute Gasteiger partial charge is 0.298 e. The number of carbonyl (C=O) groups is 1. The topological polar surface area (TPSA) is 58.6 Å². The second-order valence-electron chi connectivity index (χ2n) is 4.18. The Morgan fingerprint density at radius 1 is 1.22 bits per heavy atom. The molecule has 0 bridgehead atoms. The third-order valence-electron chi connectivity index (χ3n) is 2.89. The van der Waals surface area contributed by atoms with Gasteiger partial charge >= 0.3 is 0 Å². The van der Waals surface area contributed by atoms with Crippen LogP contribution in [0.3, 0.4) is 0 Å². The minimum Gasteiger partial charge on any atom is -0.298 e. The number of aromatic amines is 1. The van der Waals surface area contributed by atoms with Crippen LogP contribution in [-0.4, -0.2) is 21.5 Å². The Hall–Kier alpha value is -2.49. The first-order chi connectivity index (χ1) is 8.78. The molecule has 1 N–H and O–H groups in total. The van der Waals surface area contributed by atoms with Gasteiger partial charge in [-0.2, -0.15) is 5.10 Å². The van der Waals surface area contributed by atoms with Gasteiger partial charge in [-0.1, -0.05) is 0 Å². The summed E-state index contributed by atoms with van der Waals surface area (Å²) in [6.07, 6.45) is 2.60. The zero-order chi connectivity index (χ0) is 12.5. The number of benzene rings is 1. The number of hydrogen-bond donors (Lipinski definition) is 1. The number of aromatic nitrogens is 3. The molecule has 4 nitrogen and oxygen atoms in total. The Morgan fingerprint density at radius 2 is 2.11 bits per heavy atom. The second kappa shape index (κ2) is 4.07. The summed E-state index contributed by atoms with van der Waals surface area (Å²) in [6, 6.07) is 9.37. The molecule has 2 heterocycles. The Morgan fingerprint density at radius 3 is 2.89 bits per heavy atom. The van der Waals surface area contributed by atoms with E-state index in [-0.39, 0.29) is 0 Å². The van der Waals surface area contributed by atoms with Crippen LogP contribution in [0.5, 0.6) is 0 Å². The summed E-state index contributed by atoms with van der Waals surface area (Å²) in [5.41, 5.74) is 4.35. The van der Waals surface area contributed by atoms with Crippen LogP contribution in [0, 0.1) is 6.92 Å². The van der Waals surface area contributed by atoms with Crippen molar-refractivity contribution in [2.75, 3.05) is 0 Å². The Bertz CT molecular complexity index is 731. The molecule has 3 aromatic rings. The quantitative estimate of drug-likeness (QED) is 0.697. The van der Waals surface area contributed by atoms with Crippen LogP contribution in [0.1, 0.15) is 16.1 Å². The number of aldehydes is 1. The molecule has 1 aromatic carbocycles. The van der Waals surface area contributed by atoms with Crippen LogP contribution in [0.25, 0.3) is 22.2 Å². The summed E-state index contributed by atoms with van der Waals surface area (Å²) >= 11 is 0. The molecule has 0 radical (unpaired) electrons. The molecular weight excluding hydrogens is 226 g/mol. The van der Waals surface area contributed by atoms with Gasteiger partial charge in [0, 0.05) is 28.4 Å². The predicted octanol–water partition coefficient (Wildman–Crippen LogP) is 2.75. The van der Waals surface area contributed by atoms with Crippen molar-refractivity contribution in [3.8, 4) is 11.3 Å². The second-order valence-corrected chi connectivity index (χ2v) is 4.18. The number of rotatable bonds is 2. The van der Waals surface area contributed by atoms with Gasteiger partial charge in [0.05, 0.1) is 5.52 Å². The van der Waals surface area contributed by atoms with Crippen molar-refractivity contribution in [2.45, 2.75) is 6.92 Å². The molecule has 0 atom stereocenters. The Balaban J connectivity index is 2.26. The number of pyridine rings is 1. The van der Waals surface area contributed by atoms with Crippen LogP contribution < -0.4 is 0 Å². The average molecular weight is 237 g/mol. The van der Waals surface area contributed by atoms with E-state index < -0.39 is 0 Å². The van der Waals surface area contributed by atoms with E-state index in [0.717, 1.165) is 34.1 Å². The van der Waals surface area contributed by atoms with Gasteiger partial charge in [-0.15, -0.1) is 0 Å². The van der Waals surface area contributed by atoms with Crippen molar-refractivity contribution < 1.29 is 4.79 Å². The number of nitrogens with zero attached hydrogens (tertiary/aromatic N) is 2. The molecule has 0 aliphatic heterocycles. The summed E-state index contributed by atoms with van der Waals surface area (Å²) in [4.78, 5) is 15.0. The van der Waals surface area contributed by atoms with E-state index >= 15 is 0 Å². The van der Waals surface area contributed by atoms with Gasteiger partial charge < -0.3 is 0 Å². The highest BCUT2D eigenvalue weighted by Crippen LogP contribution is 2.26. The van der Waals surface area contributed by atoms with E-state index in [0.29, 0.717) is 5.56 Å². The number of aryl methyl sites for hydroxylation is 1. The van der Waals surface area contributed by atoms with Crippen molar-refractivity contribution in [3.63, 3.8) is 0 Å². The summed E-state index contributed by atoms with van der Waals surface area (Å²) in [5.74, 6) is 0. The molecule has 0 saturated heterocycles. The van der Waals surface area contributed by atoms with E-state index in [9.17, 15) is 4.79 Å². The molecule has 0 unspecified atom stereocenters. The molecule has 3 rings (SSSR count). The summed E-state index contributed by atoms with van der Waals surface area (Å²) in [5, 5.41) is 8.23. The molecule has 0 saturated carbocycles. The lowest BCUT2D eigenvalue weighted by molar-refractivity contribution is 0.112. The maximum absolute atomic E-state index is 10.8. The highest BCUT2D eigenvalue weighted by molar-refractivity contribution is 5.96. The maximum atomic E-state index is 10.8. The van der Waals surface area contributed by atoms with Gasteiger partial charge in [-0.05, 0) is 37.3 Å². The SMILES string of the molecule is Cc1cc(-c2n[nH]c3ccc(C=O)cc23)ccn1. The lowest BCUT2D eigenvalue weighted by Gasteiger charge is -1.99.